The number of imidazole rings is 1. The fraction of sp³-hybridized carbons (Fsp3) is 0.577. The summed E-state index contributed by atoms with van der Waals surface area (Å²) in [4.78, 5) is 32.7. The van der Waals surface area contributed by atoms with Gasteiger partial charge in [-0.25, -0.2) is 36.0 Å². The van der Waals surface area contributed by atoms with Crippen LogP contribution in [-0.2, 0) is 9.53 Å². The molecule has 0 saturated heterocycles. The highest BCUT2D eigenvalue weighted by molar-refractivity contribution is 5.93. The second kappa shape index (κ2) is 11.3. The molecule has 0 radical (unpaired) electrons. The number of amides is 1. The molecule has 2 heterocycles. The van der Waals surface area contributed by atoms with Crippen LogP contribution in [0.2, 0.25) is 0 Å². The monoisotopic (exact) mass is 589 g/mol. The number of ether oxygens (including phenoxy) is 1. The summed E-state index contributed by atoms with van der Waals surface area (Å²) in [6.45, 7) is 5.81. The van der Waals surface area contributed by atoms with Crippen molar-refractivity contribution in [3.63, 3.8) is 0 Å². The first-order valence-corrected chi connectivity index (χ1v) is 12.9. The molecule has 1 aliphatic rings. The van der Waals surface area contributed by atoms with Gasteiger partial charge < -0.3 is 15.0 Å². The van der Waals surface area contributed by atoms with Gasteiger partial charge in [0.2, 0.25) is 5.92 Å². The zero-order valence-electron chi connectivity index (χ0n) is 22.6. The van der Waals surface area contributed by atoms with Gasteiger partial charge in [0.05, 0.1) is 11.6 Å². The van der Waals surface area contributed by atoms with Crippen LogP contribution in [0.15, 0.2) is 16.8 Å². The standard InChI is InChI=1S/C26H29F6N5O4/c1-11-18(37-41-36-11)23(38)35-19(12-7-9-26(31,32)10-8-12)22-33-14-6-5-13(16(27)20(14)34-22)15(17(28)21(29)30)24(39)40-25(2,3)4/h5-6,12,15,17,19,21H,7-10H2,1-4H3,(H,33,34)(H,35,38)/t15?,17?,19-/m0/s1. The first-order chi connectivity index (χ1) is 19.1. The van der Waals surface area contributed by atoms with Crippen molar-refractivity contribution in [2.45, 2.75) is 89.5 Å². The first kappa shape index (κ1) is 30.3. The highest BCUT2D eigenvalue weighted by Crippen LogP contribution is 2.42. The van der Waals surface area contributed by atoms with Gasteiger partial charge in [0.25, 0.3) is 12.3 Å². The number of esters is 1. The molecule has 0 spiro atoms. The van der Waals surface area contributed by atoms with E-state index in [2.05, 4.69) is 30.2 Å². The first-order valence-electron chi connectivity index (χ1n) is 12.9. The van der Waals surface area contributed by atoms with Crippen molar-refractivity contribution in [2.75, 3.05) is 0 Å². The summed E-state index contributed by atoms with van der Waals surface area (Å²) < 4.78 is 94.7. The molecule has 41 heavy (non-hydrogen) atoms. The lowest BCUT2D eigenvalue weighted by Gasteiger charge is -2.33. The number of nitrogens with one attached hydrogen (secondary N) is 2. The van der Waals surface area contributed by atoms with Crippen LogP contribution >= 0.6 is 0 Å². The zero-order valence-corrected chi connectivity index (χ0v) is 22.6. The maximum Gasteiger partial charge on any atom is 0.317 e. The number of aromatic nitrogens is 4. The minimum absolute atomic E-state index is 0.00257. The smallest absolute Gasteiger partial charge is 0.317 e. The average Bonchev–Trinajstić information content (AvgIpc) is 3.49. The Morgan fingerprint density at radius 2 is 1.80 bits per heavy atom. The number of halogens is 6. The van der Waals surface area contributed by atoms with Gasteiger partial charge in [0.15, 0.2) is 17.7 Å². The quantitative estimate of drug-likeness (QED) is 0.255. The molecule has 2 aromatic heterocycles. The number of hydrogen-bond donors (Lipinski definition) is 2. The SMILES string of the molecule is Cc1nonc1C(=O)N[C@H](c1nc2c(F)c(C(C(=O)OC(C)(C)C)C(F)C(F)F)ccc2[nH]1)C1CCC(F)(F)CC1. The summed E-state index contributed by atoms with van der Waals surface area (Å²) in [5, 5.41) is 9.76. The van der Waals surface area contributed by atoms with E-state index in [1.165, 1.54) is 33.8 Å². The number of nitrogens with zero attached hydrogens (tertiary/aromatic N) is 3. The summed E-state index contributed by atoms with van der Waals surface area (Å²) in [6.07, 6.45) is -7.59. The fourth-order valence-corrected chi connectivity index (χ4v) is 4.86. The van der Waals surface area contributed by atoms with Crippen molar-refractivity contribution in [1.29, 1.82) is 0 Å². The van der Waals surface area contributed by atoms with E-state index >= 15 is 4.39 Å². The van der Waals surface area contributed by atoms with Gasteiger partial charge in [-0.3, -0.25) is 9.59 Å². The van der Waals surface area contributed by atoms with Gasteiger partial charge in [-0.1, -0.05) is 11.2 Å². The Balaban J connectivity index is 1.75. The van der Waals surface area contributed by atoms with Crippen LogP contribution in [0.3, 0.4) is 0 Å². The molecule has 2 unspecified atom stereocenters. The van der Waals surface area contributed by atoms with E-state index < -0.39 is 83.6 Å². The number of aromatic amines is 1. The van der Waals surface area contributed by atoms with Crippen molar-refractivity contribution in [3.8, 4) is 0 Å². The van der Waals surface area contributed by atoms with Crippen LogP contribution in [0.5, 0.6) is 0 Å². The third-order valence-corrected chi connectivity index (χ3v) is 6.88. The third kappa shape index (κ3) is 6.64. The van der Waals surface area contributed by atoms with Crippen LogP contribution in [0.4, 0.5) is 26.3 Å². The molecule has 4 rings (SSSR count). The Kier molecular flexibility index (Phi) is 8.37. The summed E-state index contributed by atoms with van der Waals surface area (Å²) in [5.74, 6) is -9.12. The zero-order chi connectivity index (χ0) is 30.3. The Morgan fingerprint density at radius 3 is 2.37 bits per heavy atom. The van der Waals surface area contributed by atoms with Crippen molar-refractivity contribution in [1.82, 2.24) is 25.6 Å². The van der Waals surface area contributed by atoms with Gasteiger partial charge >= 0.3 is 5.97 Å². The van der Waals surface area contributed by atoms with Crippen LogP contribution in [0.25, 0.3) is 11.0 Å². The molecule has 3 aromatic rings. The molecule has 1 fully saturated rings. The van der Waals surface area contributed by atoms with Crippen LogP contribution < -0.4 is 5.32 Å². The Morgan fingerprint density at radius 1 is 1.15 bits per heavy atom. The fourth-order valence-electron chi connectivity index (χ4n) is 4.86. The minimum atomic E-state index is -3.61. The molecular formula is C26H29F6N5O4. The lowest BCUT2D eigenvalue weighted by Crippen LogP contribution is -2.38. The van der Waals surface area contributed by atoms with E-state index in [4.69, 9.17) is 4.74 Å². The van der Waals surface area contributed by atoms with Crippen LogP contribution in [0.1, 0.15) is 86.0 Å². The predicted octanol–water partition coefficient (Wildman–Crippen LogP) is 5.72. The maximum absolute atomic E-state index is 15.8. The average molecular weight is 590 g/mol. The number of aryl methyl sites for hydroxylation is 1. The molecule has 2 N–H and O–H groups in total. The van der Waals surface area contributed by atoms with Crippen LogP contribution in [0, 0.1) is 18.7 Å². The van der Waals surface area contributed by atoms with Crippen molar-refractivity contribution >= 4 is 22.9 Å². The molecule has 224 valence electrons. The van der Waals surface area contributed by atoms with E-state index in [1.807, 2.05) is 0 Å². The largest absolute Gasteiger partial charge is 0.459 e. The number of H-pyrrole nitrogens is 1. The second-order valence-electron chi connectivity index (χ2n) is 11.1. The van der Waals surface area contributed by atoms with Gasteiger partial charge in [0.1, 0.15) is 28.6 Å². The summed E-state index contributed by atoms with van der Waals surface area (Å²) in [7, 11) is 0. The molecule has 0 bridgehead atoms. The normalized spacial score (nSPS) is 18.3. The van der Waals surface area contributed by atoms with Crippen molar-refractivity contribution < 1.29 is 45.3 Å². The van der Waals surface area contributed by atoms with Crippen molar-refractivity contribution in [3.05, 3.63) is 40.7 Å². The summed E-state index contributed by atoms with van der Waals surface area (Å²) in [6, 6.07) is 1.17. The number of carbonyl (C=O) groups excluding carboxylic acids is 2. The van der Waals surface area contributed by atoms with E-state index in [-0.39, 0.29) is 35.6 Å². The van der Waals surface area contributed by atoms with Gasteiger partial charge in [-0.2, -0.15) is 0 Å². The van der Waals surface area contributed by atoms with E-state index in [1.54, 1.807) is 0 Å². The number of fused-ring (bicyclic) bond motifs is 1. The molecular weight excluding hydrogens is 560 g/mol. The third-order valence-electron chi connectivity index (χ3n) is 6.88. The van der Waals surface area contributed by atoms with Crippen LogP contribution in [-0.4, -0.2) is 56.3 Å². The van der Waals surface area contributed by atoms with E-state index in [9.17, 15) is 31.5 Å². The highest BCUT2D eigenvalue weighted by atomic mass is 19.3. The highest BCUT2D eigenvalue weighted by Gasteiger charge is 2.42. The summed E-state index contributed by atoms with van der Waals surface area (Å²) >= 11 is 0. The van der Waals surface area contributed by atoms with E-state index in [0.717, 1.165) is 6.07 Å². The summed E-state index contributed by atoms with van der Waals surface area (Å²) in [5.41, 5.74) is -2.23. The lowest BCUT2D eigenvalue weighted by atomic mass is 9.81. The molecule has 1 aromatic carbocycles. The van der Waals surface area contributed by atoms with E-state index in [0.29, 0.717) is 0 Å². The number of alkyl halides is 5. The lowest BCUT2D eigenvalue weighted by molar-refractivity contribution is -0.160. The van der Waals surface area contributed by atoms with Gasteiger partial charge in [-0.15, -0.1) is 0 Å². The molecule has 1 amide bonds. The van der Waals surface area contributed by atoms with Gasteiger partial charge in [0, 0.05) is 18.4 Å². The molecule has 9 nitrogen and oxygen atoms in total. The number of benzene rings is 1. The van der Waals surface area contributed by atoms with Gasteiger partial charge in [-0.05, 0) is 57.7 Å². The molecule has 3 atom stereocenters. The number of hydrogen-bond acceptors (Lipinski definition) is 7. The Hall–Kier alpha value is -3.65. The maximum atomic E-state index is 15.8. The second-order valence-corrected chi connectivity index (χ2v) is 11.1. The number of carbonyl (C=O) groups is 2. The minimum Gasteiger partial charge on any atom is -0.459 e. The molecule has 0 aliphatic heterocycles. The molecule has 1 aliphatic carbocycles. The molecule has 1 saturated carbocycles. The topological polar surface area (TPSA) is 123 Å². The molecule has 15 heteroatoms. The van der Waals surface area contributed by atoms with Crippen molar-refractivity contribution in [2.24, 2.45) is 5.92 Å². The Labute approximate surface area is 230 Å². The number of rotatable bonds is 8. The Bertz CT molecular complexity index is 1410. The predicted molar refractivity (Wildman–Crippen MR) is 132 cm³/mol.